The van der Waals surface area contributed by atoms with E-state index < -0.39 is 35.5 Å². The highest BCUT2D eigenvalue weighted by Crippen LogP contribution is 2.21. The first kappa shape index (κ1) is 14.4. The molecule has 0 spiro atoms. The second-order valence-corrected chi connectivity index (χ2v) is 5.05. The molecule has 1 saturated heterocycles. The molecule has 7 heteroatoms. The molecule has 2 atom stereocenters. The summed E-state index contributed by atoms with van der Waals surface area (Å²) in [5, 5.41) is 11.4. The van der Waals surface area contributed by atoms with Gasteiger partial charge in [0.05, 0.1) is 0 Å². The van der Waals surface area contributed by atoms with E-state index in [-0.39, 0.29) is 6.42 Å². The Labute approximate surface area is 105 Å². The van der Waals surface area contributed by atoms with Crippen molar-refractivity contribution >= 4 is 17.8 Å². The molecule has 0 aliphatic carbocycles. The van der Waals surface area contributed by atoms with E-state index in [0.29, 0.717) is 12.8 Å². The Morgan fingerprint density at radius 3 is 2.33 bits per heavy atom. The monoisotopic (exact) mass is 258 g/mol. The summed E-state index contributed by atoms with van der Waals surface area (Å²) in [6.45, 7) is 3.33. The first-order valence-corrected chi connectivity index (χ1v) is 5.70. The number of rotatable bonds is 5. The van der Waals surface area contributed by atoms with Crippen LogP contribution in [0.2, 0.25) is 0 Å². The molecule has 0 bridgehead atoms. The number of hydrogen-bond acceptors (Lipinski definition) is 4. The molecule has 1 rings (SSSR count). The zero-order valence-corrected chi connectivity index (χ0v) is 10.4. The second kappa shape index (κ2) is 5.34. The van der Waals surface area contributed by atoms with E-state index in [2.05, 4.69) is 5.32 Å². The van der Waals surface area contributed by atoms with E-state index in [9.17, 15) is 14.4 Å². The molecule has 0 aromatic heterocycles. The number of nitrogens with two attached hydrogens (primary N) is 1. The minimum absolute atomic E-state index is 0.00776. The molecule has 7 nitrogen and oxygen atoms in total. The zero-order chi connectivity index (χ0) is 13.9. The number of carboxylic acid groups (broad SMARTS) is 1. The molecule has 2 amide bonds. The molecule has 0 radical (unpaired) electrons. The molecule has 1 aliphatic rings. The second-order valence-electron chi connectivity index (χ2n) is 5.05. The molecular weight excluding hydrogens is 240 g/mol. The SMILES string of the molecule is CC(C)(CC(N)=O)NC(=O)[C@@H]1CC[C@H](C(=O)O)O1. The largest absolute Gasteiger partial charge is 0.479 e. The lowest BCUT2D eigenvalue weighted by atomic mass is 9.99. The minimum Gasteiger partial charge on any atom is -0.479 e. The van der Waals surface area contributed by atoms with Crippen LogP contribution in [0.3, 0.4) is 0 Å². The third kappa shape index (κ3) is 3.99. The van der Waals surface area contributed by atoms with Gasteiger partial charge in [-0.3, -0.25) is 9.59 Å². The fourth-order valence-corrected chi connectivity index (χ4v) is 1.91. The summed E-state index contributed by atoms with van der Waals surface area (Å²) in [5.41, 5.74) is 4.30. The van der Waals surface area contributed by atoms with Gasteiger partial charge in [0.1, 0.15) is 6.10 Å². The molecule has 1 aliphatic heterocycles. The Morgan fingerprint density at radius 1 is 1.33 bits per heavy atom. The van der Waals surface area contributed by atoms with Gasteiger partial charge in [0.2, 0.25) is 11.8 Å². The average Bonchev–Trinajstić information content (AvgIpc) is 2.62. The maximum Gasteiger partial charge on any atom is 0.332 e. The Morgan fingerprint density at radius 2 is 1.89 bits per heavy atom. The normalized spacial score (nSPS) is 23.7. The van der Waals surface area contributed by atoms with Crippen molar-refractivity contribution in [2.45, 2.75) is 50.9 Å². The number of carbonyl (C=O) groups is 3. The summed E-state index contributed by atoms with van der Waals surface area (Å²) in [6, 6.07) is 0. The summed E-state index contributed by atoms with van der Waals surface area (Å²) in [7, 11) is 0. The zero-order valence-electron chi connectivity index (χ0n) is 10.4. The molecule has 0 saturated carbocycles. The number of primary amides is 1. The molecule has 1 fully saturated rings. The summed E-state index contributed by atoms with van der Waals surface area (Å²) >= 11 is 0. The third-order valence-corrected chi connectivity index (χ3v) is 2.67. The highest BCUT2D eigenvalue weighted by atomic mass is 16.5. The van der Waals surface area contributed by atoms with E-state index >= 15 is 0 Å². The number of aliphatic carboxylic acids is 1. The summed E-state index contributed by atoms with van der Waals surface area (Å²) in [6.07, 6.45) is -1.04. The molecule has 102 valence electrons. The standard InChI is InChI=1S/C11H18N2O5/c1-11(2,5-8(12)14)13-9(15)6-3-4-7(18-6)10(16)17/h6-7H,3-5H2,1-2H3,(H2,12,14)(H,13,15)(H,16,17)/t6-,7+/m0/s1. The highest BCUT2D eigenvalue weighted by molar-refractivity contribution is 5.84. The van der Waals surface area contributed by atoms with Crippen LogP contribution >= 0.6 is 0 Å². The van der Waals surface area contributed by atoms with Gasteiger partial charge in [-0.25, -0.2) is 4.79 Å². The molecule has 18 heavy (non-hydrogen) atoms. The number of carbonyl (C=O) groups excluding carboxylic acids is 2. The number of hydrogen-bond donors (Lipinski definition) is 3. The summed E-state index contributed by atoms with van der Waals surface area (Å²) in [4.78, 5) is 33.3. The van der Waals surface area contributed by atoms with Crippen molar-refractivity contribution in [1.29, 1.82) is 0 Å². The Balaban J connectivity index is 2.52. The van der Waals surface area contributed by atoms with Crippen molar-refractivity contribution in [3.05, 3.63) is 0 Å². The summed E-state index contributed by atoms with van der Waals surface area (Å²) in [5.74, 6) is -2.00. The third-order valence-electron chi connectivity index (χ3n) is 2.67. The predicted molar refractivity (Wildman–Crippen MR) is 61.6 cm³/mol. The van der Waals surface area contributed by atoms with Crippen LogP contribution in [0.15, 0.2) is 0 Å². The van der Waals surface area contributed by atoms with E-state index in [0.717, 1.165) is 0 Å². The summed E-state index contributed by atoms with van der Waals surface area (Å²) < 4.78 is 5.11. The molecule has 0 aromatic rings. The van der Waals surface area contributed by atoms with Gasteiger partial charge in [-0.1, -0.05) is 0 Å². The van der Waals surface area contributed by atoms with Crippen LogP contribution in [0.25, 0.3) is 0 Å². The maximum atomic E-state index is 11.8. The van der Waals surface area contributed by atoms with Crippen LogP contribution < -0.4 is 11.1 Å². The van der Waals surface area contributed by atoms with E-state index in [1.165, 1.54) is 0 Å². The first-order valence-electron chi connectivity index (χ1n) is 5.70. The Hall–Kier alpha value is -1.63. The number of ether oxygens (including phenoxy) is 1. The van der Waals surface area contributed by atoms with Crippen LogP contribution in [0.5, 0.6) is 0 Å². The van der Waals surface area contributed by atoms with Crippen LogP contribution in [-0.2, 0) is 19.1 Å². The van der Waals surface area contributed by atoms with Crippen LogP contribution in [0.4, 0.5) is 0 Å². The fraction of sp³-hybridized carbons (Fsp3) is 0.727. The van der Waals surface area contributed by atoms with Crippen molar-refractivity contribution in [2.24, 2.45) is 5.73 Å². The lowest BCUT2D eigenvalue weighted by molar-refractivity contribution is -0.152. The van der Waals surface area contributed by atoms with Crippen molar-refractivity contribution in [1.82, 2.24) is 5.32 Å². The van der Waals surface area contributed by atoms with Gasteiger partial charge in [-0.2, -0.15) is 0 Å². The molecule has 0 unspecified atom stereocenters. The van der Waals surface area contributed by atoms with Crippen LogP contribution in [0, 0.1) is 0 Å². The van der Waals surface area contributed by atoms with Crippen molar-refractivity contribution < 1.29 is 24.2 Å². The van der Waals surface area contributed by atoms with Crippen LogP contribution in [-0.4, -0.2) is 40.6 Å². The van der Waals surface area contributed by atoms with Gasteiger partial charge < -0.3 is 20.9 Å². The maximum absolute atomic E-state index is 11.8. The predicted octanol–water partition coefficient (Wildman–Crippen LogP) is -0.611. The molecule has 4 N–H and O–H groups in total. The van der Waals surface area contributed by atoms with E-state index in [1.54, 1.807) is 13.8 Å². The van der Waals surface area contributed by atoms with Gasteiger partial charge in [0.15, 0.2) is 6.10 Å². The fourth-order valence-electron chi connectivity index (χ4n) is 1.91. The first-order chi connectivity index (χ1) is 8.21. The van der Waals surface area contributed by atoms with Crippen LogP contribution in [0.1, 0.15) is 33.1 Å². The Bertz CT molecular complexity index is 366. The molecule has 1 heterocycles. The van der Waals surface area contributed by atoms with E-state index in [1.807, 2.05) is 0 Å². The molecule has 0 aromatic carbocycles. The average molecular weight is 258 g/mol. The van der Waals surface area contributed by atoms with Gasteiger partial charge >= 0.3 is 5.97 Å². The lowest BCUT2D eigenvalue weighted by Crippen LogP contribution is -2.49. The molecular formula is C11H18N2O5. The van der Waals surface area contributed by atoms with Gasteiger partial charge in [0, 0.05) is 12.0 Å². The number of carboxylic acids is 1. The van der Waals surface area contributed by atoms with Crippen molar-refractivity contribution in [2.75, 3.05) is 0 Å². The van der Waals surface area contributed by atoms with E-state index in [4.69, 9.17) is 15.6 Å². The highest BCUT2D eigenvalue weighted by Gasteiger charge is 2.36. The van der Waals surface area contributed by atoms with Gasteiger partial charge in [0.25, 0.3) is 0 Å². The lowest BCUT2D eigenvalue weighted by Gasteiger charge is -2.26. The number of nitrogens with one attached hydrogen (secondary N) is 1. The number of amides is 2. The van der Waals surface area contributed by atoms with Gasteiger partial charge in [-0.05, 0) is 26.7 Å². The Kier molecular flexibility index (Phi) is 4.28. The topological polar surface area (TPSA) is 119 Å². The van der Waals surface area contributed by atoms with Crippen molar-refractivity contribution in [3.8, 4) is 0 Å². The smallest absolute Gasteiger partial charge is 0.332 e. The minimum atomic E-state index is -1.07. The van der Waals surface area contributed by atoms with Crippen molar-refractivity contribution in [3.63, 3.8) is 0 Å². The van der Waals surface area contributed by atoms with Gasteiger partial charge in [-0.15, -0.1) is 0 Å². The quantitative estimate of drug-likeness (QED) is 0.607.